The second-order valence-corrected chi connectivity index (χ2v) is 3.90. The molecule has 0 aromatic heterocycles. The Bertz CT molecular complexity index is 106. The van der Waals surface area contributed by atoms with Crippen LogP contribution in [0.15, 0.2) is 0 Å². The van der Waals surface area contributed by atoms with Gasteiger partial charge in [0.1, 0.15) is 0 Å². The lowest BCUT2D eigenvalue weighted by Crippen LogP contribution is -2.48. The molecule has 0 aromatic carbocycles. The molecule has 0 aliphatic carbocycles. The van der Waals surface area contributed by atoms with Gasteiger partial charge in [0.05, 0.1) is 0 Å². The van der Waals surface area contributed by atoms with E-state index in [1.165, 1.54) is 0 Å². The molecule has 0 spiro atoms. The predicted molar refractivity (Wildman–Crippen MR) is 54.7 cm³/mol. The number of rotatable bonds is 5. The average Bonchev–Trinajstić information content (AvgIpc) is 2.05. The summed E-state index contributed by atoms with van der Waals surface area (Å²) in [5, 5.41) is 2.02. The van der Waals surface area contributed by atoms with E-state index in [0.717, 1.165) is 12.8 Å². The highest BCUT2D eigenvalue weighted by Crippen LogP contribution is 2.13. The molecule has 0 radical (unpaired) electrons. The maximum absolute atomic E-state index is 6.02. The lowest BCUT2D eigenvalue weighted by atomic mass is 10.0. The van der Waals surface area contributed by atoms with Crippen LogP contribution in [0.3, 0.4) is 0 Å². The van der Waals surface area contributed by atoms with Crippen molar-refractivity contribution < 1.29 is 0 Å². The summed E-state index contributed by atoms with van der Waals surface area (Å²) in [6.45, 7) is 11.0. The molecule has 2 N–H and O–H groups in total. The average molecular weight is 172 g/mol. The molecule has 1 atom stereocenters. The van der Waals surface area contributed by atoms with Gasteiger partial charge in [0.2, 0.25) is 0 Å². The van der Waals surface area contributed by atoms with Crippen molar-refractivity contribution in [1.82, 2.24) is 5.01 Å². The lowest BCUT2D eigenvalue weighted by Gasteiger charge is -2.33. The van der Waals surface area contributed by atoms with E-state index >= 15 is 0 Å². The normalized spacial score (nSPS) is 14.8. The quantitative estimate of drug-likeness (QED) is 0.509. The Balaban J connectivity index is 4.05. The van der Waals surface area contributed by atoms with Gasteiger partial charge >= 0.3 is 0 Å². The minimum absolute atomic E-state index is 0.481. The highest BCUT2D eigenvalue weighted by molar-refractivity contribution is 4.71. The van der Waals surface area contributed by atoms with Crippen LogP contribution in [0, 0.1) is 5.92 Å². The van der Waals surface area contributed by atoms with Crippen LogP contribution in [0.1, 0.15) is 47.5 Å². The molecule has 0 fully saturated rings. The van der Waals surface area contributed by atoms with Gasteiger partial charge in [0.15, 0.2) is 0 Å². The fraction of sp³-hybridized carbons (Fsp3) is 1.00. The van der Waals surface area contributed by atoms with Gasteiger partial charge < -0.3 is 0 Å². The van der Waals surface area contributed by atoms with Gasteiger partial charge in [0, 0.05) is 12.1 Å². The molecule has 2 nitrogen and oxygen atoms in total. The van der Waals surface area contributed by atoms with Gasteiger partial charge in [-0.25, -0.2) is 5.01 Å². The second-order valence-electron chi connectivity index (χ2n) is 3.90. The van der Waals surface area contributed by atoms with Crippen molar-refractivity contribution >= 4 is 0 Å². The molecule has 0 rings (SSSR count). The van der Waals surface area contributed by atoms with Crippen molar-refractivity contribution in [2.24, 2.45) is 11.8 Å². The van der Waals surface area contributed by atoms with Gasteiger partial charge in [-0.1, -0.05) is 27.7 Å². The molecule has 0 saturated heterocycles. The molecule has 0 bridgehead atoms. The molecule has 1 unspecified atom stereocenters. The van der Waals surface area contributed by atoms with Gasteiger partial charge in [-0.2, -0.15) is 0 Å². The van der Waals surface area contributed by atoms with E-state index in [1.54, 1.807) is 0 Å². The monoisotopic (exact) mass is 172 g/mol. The fourth-order valence-electron chi connectivity index (χ4n) is 1.39. The van der Waals surface area contributed by atoms with Crippen molar-refractivity contribution in [3.8, 4) is 0 Å². The van der Waals surface area contributed by atoms with Gasteiger partial charge in [-0.05, 0) is 25.7 Å². The van der Waals surface area contributed by atoms with Gasteiger partial charge in [-0.15, -0.1) is 0 Å². The van der Waals surface area contributed by atoms with Gasteiger partial charge in [0.25, 0.3) is 0 Å². The zero-order valence-corrected chi connectivity index (χ0v) is 9.17. The highest BCUT2D eigenvalue weighted by Gasteiger charge is 2.19. The maximum atomic E-state index is 6.02. The third kappa shape index (κ3) is 3.11. The first kappa shape index (κ1) is 11.9. The minimum atomic E-state index is 0.481. The molecule has 74 valence electrons. The third-order valence-corrected chi connectivity index (χ3v) is 2.80. The van der Waals surface area contributed by atoms with E-state index in [2.05, 4.69) is 34.6 Å². The summed E-state index contributed by atoms with van der Waals surface area (Å²) < 4.78 is 0. The van der Waals surface area contributed by atoms with Crippen LogP contribution in [0.5, 0.6) is 0 Å². The first-order valence-corrected chi connectivity index (χ1v) is 5.07. The molecule has 12 heavy (non-hydrogen) atoms. The Labute approximate surface area is 77.1 Å². The maximum Gasteiger partial charge on any atom is 0.0239 e. The van der Waals surface area contributed by atoms with E-state index < -0.39 is 0 Å². The molecule has 0 aliphatic rings. The standard InChI is InChI=1S/C10H24N2/c1-6-10(7-2)12(11)9(5)8(3)4/h8-10H,6-7,11H2,1-5H3. The van der Waals surface area contributed by atoms with Crippen molar-refractivity contribution in [1.29, 1.82) is 0 Å². The van der Waals surface area contributed by atoms with Crippen LogP contribution in [0.4, 0.5) is 0 Å². The first-order chi connectivity index (χ1) is 5.54. The zero-order chi connectivity index (χ0) is 9.72. The summed E-state index contributed by atoms with van der Waals surface area (Å²) in [6, 6.07) is 1.03. The molecular formula is C10H24N2. The number of hydrogen-bond acceptors (Lipinski definition) is 2. The van der Waals surface area contributed by atoms with Gasteiger partial charge in [-0.3, -0.25) is 5.84 Å². The third-order valence-electron chi connectivity index (χ3n) is 2.80. The van der Waals surface area contributed by atoms with E-state index in [4.69, 9.17) is 5.84 Å². The molecule has 2 heteroatoms. The Kier molecular flexibility index (Phi) is 5.51. The predicted octanol–water partition coefficient (Wildman–Crippen LogP) is 2.40. The second kappa shape index (κ2) is 5.55. The van der Waals surface area contributed by atoms with Crippen LogP contribution in [0.2, 0.25) is 0 Å². The molecule has 0 heterocycles. The first-order valence-electron chi connectivity index (χ1n) is 5.07. The van der Waals surface area contributed by atoms with Crippen LogP contribution in [-0.2, 0) is 0 Å². The van der Waals surface area contributed by atoms with Crippen LogP contribution < -0.4 is 5.84 Å². The summed E-state index contributed by atoms with van der Waals surface area (Å²) in [6.07, 6.45) is 2.29. The number of hydrogen-bond donors (Lipinski definition) is 1. The molecule has 0 saturated carbocycles. The van der Waals surface area contributed by atoms with E-state index in [0.29, 0.717) is 18.0 Å². The van der Waals surface area contributed by atoms with Crippen molar-refractivity contribution in [2.45, 2.75) is 59.5 Å². The van der Waals surface area contributed by atoms with Crippen molar-refractivity contribution in [2.75, 3.05) is 0 Å². The Hall–Kier alpha value is -0.0800. The summed E-state index contributed by atoms with van der Waals surface area (Å²) in [4.78, 5) is 0. The van der Waals surface area contributed by atoms with Crippen LogP contribution in [0.25, 0.3) is 0 Å². The van der Waals surface area contributed by atoms with Crippen molar-refractivity contribution in [3.05, 3.63) is 0 Å². The summed E-state index contributed by atoms with van der Waals surface area (Å²) >= 11 is 0. The smallest absolute Gasteiger partial charge is 0.0239 e. The van der Waals surface area contributed by atoms with Crippen LogP contribution >= 0.6 is 0 Å². The van der Waals surface area contributed by atoms with Crippen LogP contribution in [-0.4, -0.2) is 17.1 Å². The van der Waals surface area contributed by atoms with E-state index in [9.17, 15) is 0 Å². The summed E-state index contributed by atoms with van der Waals surface area (Å²) in [7, 11) is 0. The summed E-state index contributed by atoms with van der Waals surface area (Å²) in [5.41, 5.74) is 0. The molecule has 0 amide bonds. The highest BCUT2D eigenvalue weighted by atomic mass is 15.4. The Morgan fingerprint density at radius 2 is 1.50 bits per heavy atom. The Morgan fingerprint density at radius 3 is 1.75 bits per heavy atom. The number of hydrazine groups is 1. The van der Waals surface area contributed by atoms with E-state index in [1.807, 2.05) is 5.01 Å². The topological polar surface area (TPSA) is 29.3 Å². The number of nitrogens with zero attached hydrogens (tertiary/aromatic N) is 1. The number of nitrogens with two attached hydrogens (primary N) is 1. The lowest BCUT2D eigenvalue weighted by molar-refractivity contribution is 0.107. The minimum Gasteiger partial charge on any atom is -0.268 e. The molecular weight excluding hydrogens is 148 g/mol. The molecule has 0 aromatic rings. The largest absolute Gasteiger partial charge is 0.268 e. The SMILES string of the molecule is CCC(CC)N(N)C(C)C(C)C. The zero-order valence-electron chi connectivity index (χ0n) is 9.17. The molecule has 0 aliphatic heterocycles. The summed E-state index contributed by atoms with van der Waals surface area (Å²) in [5.74, 6) is 6.65. The fourth-order valence-corrected chi connectivity index (χ4v) is 1.39. The van der Waals surface area contributed by atoms with Crippen molar-refractivity contribution in [3.63, 3.8) is 0 Å². The Morgan fingerprint density at radius 1 is 1.08 bits per heavy atom. The van der Waals surface area contributed by atoms with E-state index in [-0.39, 0.29) is 0 Å².